The van der Waals surface area contributed by atoms with Crippen LogP contribution >= 0.6 is 15.9 Å². The molecule has 6 rings (SSSR count). The van der Waals surface area contributed by atoms with Gasteiger partial charge in [-0.2, -0.15) is 5.26 Å². The van der Waals surface area contributed by atoms with Crippen LogP contribution in [0.4, 0.5) is 5.69 Å². The fourth-order valence-corrected chi connectivity index (χ4v) is 7.07. The van der Waals surface area contributed by atoms with Crippen molar-refractivity contribution >= 4 is 33.0 Å². The van der Waals surface area contributed by atoms with Crippen molar-refractivity contribution in [3.8, 4) is 6.07 Å². The summed E-state index contributed by atoms with van der Waals surface area (Å²) in [4.78, 5) is 18.9. The maximum atomic E-state index is 13.8. The second kappa shape index (κ2) is 8.58. The standard InChI is InChI=1S/C29H30BrN3O2/c1-29(2)23-16-26(33-9-7-32(8-10-33)20-5-11-35-12-6-20)25(30)15-22(23)28(34)27-21-4-3-18(17-31)13-19(21)14-24(27)29/h3-4,13,15-16,20H,5-12,14H2,1-2H3. The lowest BCUT2D eigenvalue weighted by Gasteiger charge is -2.42. The Labute approximate surface area is 215 Å². The molecule has 0 N–H and O–H groups in total. The van der Waals surface area contributed by atoms with Crippen LogP contribution in [0.1, 0.15) is 59.3 Å². The minimum atomic E-state index is -0.260. The highest BCUT2D eigenvalue weighted by Crippen LogP contribution is 2.51. The molecule has 0 atom stereocenters. The Bertz CT molecular complexity index is 1290. The summed E-state index contributed by atoms with van der Waals surface area (Å²) in [6, 6.07) is 12.9. The Hall–Kier alpha value is -2.46. The molecule has 0 unspecified atom stereocenters. The van der Waals surface area contributed by atoms with Crippen molar-refractivity contribution < 1.29 is 9.53 Å². The molecular formula is C29H30BrN3O2. The molecular weight excluding hydrogens is 502 g/mol. The number of carbonyl (C=O) groups excluding carboxylic acids is 1. The molecule has 2 aromatic rings. The number of fused-ring (bicyclic) bond motifs is 3. The number of halogens is 1. The molecule has 0 saturated carbocycles. The Kier molecular flexibility index (Phi) is 5.63. The summed E-state index contributed by atoms with van der Waals surface area (Å²) in [5.41, 5.74) is 7.58. The predicted octanol–water partition coefficient (Wildman–Crippen LogP) is 5.11. The molecule has 0 bridgehead atoms. The minimum Gasteiger partial charge on any atom is -0.381 e. The summed E-state index contributed by atoms with van der Waals surface area (Å²) >= 11 is 3.81. The van der Waals surface area contributed by atoms with Crippen molar-refractivity contribution in [2.45, 2.75) is 44.6 Å². The number of rotatable bonds is 2. The first-order valence-corrected chi connectivity index (χ1v) is 13.4. The summed E-state index contributed by atoms with van der Waals surface area (Å²) in [7, 11) is 0. The molecule has 2 heterocycles. The van der Waals surface area contributed by atoms with Crippen molar-refractivity contribution in [3.05, 3.63) is 68.2 Å². The average Bonchev–Trinajstić information content (AvgIpc) is 3.28. The number of nitriles is 1. The van der Waals surface area contributed by atoms with E-state index in [0.717, 1.165) is 91.0 Å². The van der Waals surface area contributed by atoms with Gasteiger partial charge in [-0.05, 0) is 81.7 Å². The van der Waals surface area contributed by atoms with Gasteiger partial charge in [-0.25, -0.2) is 0 Å². The molecule has 2 fully saturated rings. The zero-order chi connectivity index (χ0) is 24.3. The van der Waals surface area contributed by atoms with Crippen molar-refractivity contribution in [3.63, 3.8) is 0 Å². The molecule has 4 aliphatic rings. The van der Waals surface area contributed by atoms with Crippen molar-refractivity contribution in [2.24, 2.45) is 0 Å². The van der Waals surface area contributed by atoms with Crippen LogP contribution in [0.3, 0.4) is 0 Å². The highest BCUT2D eigenvalue weighted by Gasteiger charge is 2.43. The van der Waals surface area contributed by atoms with Crippen molar-refractivity contribution in [1.29, 1.82) is 5.26 Å². The molecule has 0 aromatic heterocycles. The van der Waals surface area contributed by atoms with Crippen LogP contribution in [0.15, 0.2) is 40.4 Å². The molecule has 5 nitrogen and oxygen atoms in total. The molecule has 2 aromatic carbocycles. The number of piperazine rings is 1. The Morgan fingerprint density at radius 3 is 2.51 bits per heavy atom. The van der Waals surface area contributed by atoms with E-state index in [4.69, 9.17) is 4.74 Å². The van der Waals surface area contributed by atoms with Gasteiger partial charge in [0.05, 0.1) is 17.3 Å². The van der Waals surface area contributed by atoms with E-state index in [1.54, 1.807) is 0 Å². The fourth-order valence-electron chi connectivity index (χ4n) is 6.47. The summed E-state index contributed by atoms with van der Waals surface area (Å²) in [6.07, 6.45) is 3.00. The molecule has 180 valence electrons. The van der Waals surface area contributed by atoms with E-state index < -0.39 is 0 Å². The number of Topliss-reactive ketones (excluding diaryl/α,β-unsaturated/α-hetero) is 1. The number of carbonyl (C=O) groups is 1. The van der Waals surface area contributed by atoms with Crippen LogP contribution in [0.2, 0.25) is 0 Å². The number of anilines is 1. The number of allylic oxidation sites excluding steroid dienone is 2. The minimum absolute atomic E-state index is 0.106. The lowest BCUT2D eigenvalue weighted by molar-refractivity contribution is 0.0321. The zero-order valence-corrected chi connectivity index (χ0v) is 22.0. The third-order valence-electron chi connectivity index (χ3n) is 8.52. The third-order valence-corrected chi connectivity index (χ3v) is 9.16. The summed E-state index contributed by atoms with van der Waals surface area (Å²) in [5.74, 6) is 0.106. The van der Waals surface area contributed by atoms with E-state index in [9.17, 15) is 10.1 Å². The number of nitrogens with zero attached hydrogens (tertiary/aromatic N) is 3. The lowest BCUT2D eigenvalue weighted by atomic mass is 9.68. The van der Waals surface area contributed by atoms with Gasteiger partial charge >= 0.3 is 0 Å². The molecule has 0 spiro atoms. The van der Waals surface area contributed by atoms with Crippen LogP contribution in [-0.2, 0) is 16.6 Å². The number of benzene rings is 2. The lowest BCUT2D eigenvalue weighted by Crippen LogP contribution is -2.51. The van der Waals surface area contributed by atoms with Crippen LogP contribution in [0, 0.1) is 11.3 Å². The second-order valence-corrected chi connectivity index (χ2v) is 11.5. The second-order valence-electron chi connectivity index (χ2n) is 10.7. The van der Waals surface area contributed by atoms with E-state index >= 15 is 0 Å². The van der Waals surface area contributed by atoms with Gasteiger partial charge < -0.3 is 9.64 Å². The summed E-state index contributed by atoms with van der Waals surface area (Å²) in [5, 5.41) is 9.35. The topological polar surface area (TPSA) is 56.6 Å². The molecule has 0 radical (unpaired) electrons. The Morgan fingerprint density at radius 1 is 1.06 bits per heavy atom. The van der Waals surface area contributed by atoms with Crippen LogP contribution < -0.4 is 4.90 Å². The van der Waals surface area contributed by atoms with E-state index in [-0.39, 0.29) is 11.2 Å². The Balaban J connectivity index is 1.31. The van der Waals surface area contributed by atoms with Crippen LogP contribution in [0.25, 0.3) is 5.57 Å². The van der Waals surface area contributed by atoms with Gasteiger partial charge in [-0.15, -0.1) is 0 Å². The summed E-state index contributed by atoms with van der Waals surface area (Å²) in [6.45, 7) is 10.3. The van der Waals surface area contributed by atoms with Gasteiger partial charge in [-0.3, -0.25) is 9.69 Å². The highest BCUT2D eigenvalue weighted by atomic mass is 79.9. The first-order valence-electron chi connectivity index (χ1n) is 12.6. The predicted molar refractivity (Wildman–Crippen MR) is 141 cm³/mol. The summed E-state index contributed by atoms with van der Waals surface area (Å²) < 4.78 is 6.54. The SMILES string of the molecule is CC1(C)C2=C(C(=O)c3cc(Br)c(N4CCN(C5CCOCC5)CC4)cc31)c1ccc(C#N)cc1C2. The zero-order valence-electron chi connectivity index (χ0n) is 20.4. The average molecular weight is 532 g/mol. The van der Waals surface area contributed by atoms with Gasteiger partial charge in [0, 0.05) is 66.5 Å². The molecule has 6 heteroatoms. The van der Waals surface area contributed by atoms with E-state index in [2.05, 4.69) is 51.7 Å². The number of hydrogen-bond acceptors (Lipinski definition) is 5. The quantitative estimate of drug-likeness (QED) is 0.539. The van der Waals surface area contributed by atoms with Gasteiger partial charge in [0.25, 0.3) is 0 Å². The first kappa shape index (κ1) is 23.0. The molecule has 2 saturated heterocycles. The largest absolute Gasteiger partial charge is 0.381 e. The van der Waals surface area contributed by atoms with Gasteiger partial charge in [-0.1, -0.05) is 19.9 Å². The monoisotopic (exact) mass is 531 g/mol. The van der Waals surface area contributed by atoms with Gasteiger partial charge in [0.1, 0.15) is 0 Å². The molecule has 2 aliphatic heterocycles. The number of ketones is 1. The van der Waals surface area contributed by atoms with E-state index in [1.165, 1.54) is 11.3 Å². The van der Waals surface area contributed by atoms with Crippen LogP contribution in [-0.4, -0.2) is 56.1 Å². The number of ether oxygens (including phenoxy) is 1. The third kappa shape index (κ3) is 3.67. The fraction of sp³-hybridized carbons (Fsp3) is 0.448. The maximum Gasteiger partial charge on any atom is 0.193 e. The molecule has 35 heavy (non-hydrogen) atoms. The Morgan fingerprint density at radius 2 is 1.80 bits per heavy atom. The normalized spacial score (nSPS) is 22.0. The van der Waals surface area contributed by atoms with E-state index in [0.29, 0.717) is 11.6 Å². The highest BCUT2D eigenvalue weighted by molar-refractivity contribution is 9.10. The number of hydrogen-bond donors (Lipinski definition) is 0. The van der Waals surface area contributed by atoms with E-state index in [1.807, 2.05) is 24.3 Å². The van der Waals surface area contributed by atoms with Gasteiger partial charge in [0.2, 0.25) is 0 Å². The first-order chi connectivity index (χ1) is 16.9. The molecule has 0 amide bonds. The van der Waals surface area contributed by atoms with Gasteiger partial charge in [0.15, 0.2) is 5.78 Å². The molecule has 2 aliphatic carbocycles. The van der Waals surface area contributed by atoms with Crippen molar-refractivity contribution in [1.82, 2.24) is 4.90 Å². The van der Waals surface area contributed by atoms with Crippen LogP contribution in [0.5, 0.6) is 0 Å². The maximum absolute atomic E-state index is 13.8. The smallest absolute Gasteiger partial charge is 0.193 e. The van der Waals surface area contributed by atoms with Crippen molar-refractivity contribution in [2.75, 3.05) is 44.3 Å².